The van der Waals surface area contributed by atoms with Gasteiger partial charge in [-0.15, -0.1) is 12.4 Å². The normalized spacial score (nSPS) is 18.3. The van der Waals surface area contributed by atoms with Gasteiger partial charge in [0, 0.05) is 6.54 Å². The standard InChI is InChI=1S/C10H13ClN4O2.ClH/c11-8-4-12-5-9(13-8)14-10(17)15-3-1-2-7(15)6-16;/h4-5,7,16H,1-3,6H2,(H,13,14,17);1H. The summed E-state index contributed by atoms with van der Waals surface area (Å²) in [6.45, 7) is 0.625. The fourth-order valence-electron chi connectivity index (χ4n) is 1.88. The molecule has 100 valence electrons. The summed E-state index contributed by atoms with van der Waals surface area (Å²) >= 11 is 5.67. The van der Waals surface area contributed by atoms with E-state index in [4.69, 9.17) is 16.7 Å². The molecule has 18 heavy (non-hydrogen) atoms. The second-order valence-corrected chi connectivity index (χ2v) is 4.22. The average molecular weight is 293 g/mol. The summed E-state index contributed by atoms with van der Waals surface area (Å²) in [7, 11) is 0. The molecule has 6 nitrogen and oxygen atoms in total. The highest BCUT2D eigenvalue weighted by Crippen LogP contribution is 2.18. The highest BCUT2D eigenvalue weighted by Gasteiger charge is 2.28. The van der Waals surface area contributed by atoms with Gasteiger partial charge in [-0.25, -0.2) is 9.78 Å². The van der Waals surface area contributed by atoms with Gasteiger partial charge in [-0.2, -0.15) is 0 Å². The topological polar surface area (TPSA) is 78.4 Å². The van der Waals surface area contributed by atoms with Crippen molar-refractivity contribution in [3.63, 3.8) is 0 Å². The lowest BCUT2D eigenvalue weighted by Gasteiger charge is -2.22. The van der Waals surface area contributed by atoms with Crippen LogP contribution in [0.4, 0.5) is 10.6 Å². The lowest BCUT2D eigenvalue weighted by molar-refractivity contribution is 0.166. The molecular weight excluding hydrogens is 279 g/mol. The van der Waals surface area contributed by atoms with Crippen molar-refractivity contribution < 1.29 is 9.90 Å². The van der Waals surface area contributed by atoms with Crippen LogP contribution in [0.25, 0.3) is 0 Å². The molecule has 2 amide bonds. The van der Waals surface area contributed by atoms with Crippen molar-refractivity contribution in [1.82, 2.24) is 14.9 Å². The van der Waals surface area contributed by atoms with Crippen LogP contribution < -0.4 is 5.32 Å². The molecule has 1 saturated heterocycles. The summed E-state index contributed by atoms with van der Waals surface area (Å²) < 4.78 is 0. The molecule has 1 aliphatic rings. The van der Waals surface area contributed by atoms with Crippen LogP contribution in [0.5, 0.6) is 0 Å². The number of amides is 2. The Bertz CT molecular complexity index is 419. The highest BCUT2D eigenvalue weighted by molar-refractivity contribution is 6.29. The van der Waals surface area contributed by atoms with Crippen molar-refractivity contribution in [2.24, 2.45) is 0 Å². The van der Waals surface area contributed by atoms with Crippen LogP contribution in [0.2, 0.25) is 5.15 Å². The highest BCUT2D eigenvalue weighted by atomic mass is 35.5. The zero-order chi connectivity index (χ0) is 12.3. The molecule has 0 radical (unpaired) electrons. The number of aliphatic hydroxyl groups is 1. The maximum atomic E-state index is 11.9. The first-order chi connectivity index (χ1) is 8.20. The van der Waals surface area contributed by atoms with Crippen molar-refractivity contribution >= 4 is 35.9 Å². The number of nitrogens with zero attached hydrogens (tertiary/aromatic N) is 3. The van der Waals surface area contributed by atoms with Crippen molar-refractivity contribution in [1.29, 1.82) is 0 Å². The molecule has 0 aliphatic carbocycles. The van der Waals surface area contributed by atoms with Gasteiger partial charge in [0.1, 0.15) is 5.15 Å². The third-order valence-electron chi connectivity index (χ3n) is 2.69. The molecule has 0 bridgehead atoms. The largest absolute Gasteiger partial charge is 0.394 e. The van der Waals surface area contributed by atoms with Crippen molar-refractivity contribution in [3.05, 3.63) is 17.5 Å². The van der Waals surface area contributed by atoms with Gasteiger partial charge in [-0.1, -0.05) is 11.6 Å². The van der Waals surface area contributed by atoms with Crippen LogP contribution in [0.3, 0.4) is 0 Å². The molecule has 2 rings (SSSR count). The van der Waals surface area contributed by atoms with Crippen molar-refractivity contribution in [2.45, 2.75) is 18.9 Å². The number of anilines is 1. The molecule has 1 aliphatic heterocycles. The molecule has 0 saturated carbocycles. The van der Waals surface area contributed by atoms with Crippen molar-refractivity contribution in [2.75, 3.05) is 18.5 Å². The summed E-state index contributed by atoms with van der Waals surface area (Å²) in [5.74, 6) is 0.311. The molecule has 1 atom stereocenters. The molecule has 1 unspecified atom stereocenters. The number of hydrogen-bond acceptors (Lipinski definition) is 4. The summed E-state index contributed by atoms with van der Waals surface area (Å²) in [6.07, 6.45) is 4.54. The number of hydrogen-bond donors (Lipinski definition) is 2. The van der Waals surface area contributed by atoms with E-state index in [-0.39, 0.29) is 36.2 Å². The molecule has 2 N–H and O–H groups in total. The molecule has 0 spiro atoms. The zero-order valence-corrected chi connectivity index (χ0v) is 11.1. The Balaban J connectivity index is 0.00000162. The Morgan fingerprint density at radius 1 is 1.61 bits per heavy atom. The van der Waals surface area contributed by atoms with E-state index in [9.17, 15) is 4.79 Å². The lowest BCUT2D eigenvalue weighted by Crippen LogP contribution is -2.40. The number of urea groups is 1. The molecular formula is C10H14Cl2N4O2. The molecule has 0 aromatic carbocycles. The Labute approximate surface area is 116 Å². The van der Waals surface area contributed by atoms with E-state index < -0.39 is 0 Å². The van der Waals surface area contributed by atoms with E-state index in [0.717, 1.165) is 12.8 Å². The summed E-state index contributed by atoms with van der Waals surface area (Å²) in [5, 5.41) is 12.0. The third-order valence-corrected chi connectivity index (χ3v) is 2.87. The van der Waals surface area contributed by atoms with E-state index in [0.29, 0.717) is 12.4 Å². The van der Waals surface area contributed by atoms with Gasteiger partial charge < -0.3 is 10.0 Å². The smallest absolute Gasteiger partial charge is 0.323 e. The summed E-state index contributed by atoms with van der Waals surface area (Å²) in [6, 6.07) is -0.389. The number of rotatable bonds is 2. The van der Waals surface area contributed by atoms with Gasteiger partial charge >= 0.3 is 6.03 Å². The SMILES string of the molecule is Cl.O=C(Nc1cncc(Cl)n1)N1CCCC1CO. The number of carbonyl (C=O) groups excluding carboxylic acids is 1. The predicted octanol–water partition coefficient (Wildman–Crippen LogP) is 1.54. The quantitative estimate of drug-likeness (QED) is 0.867. The van der Waals surface area contributed by atoms with Crippen LogP contribution in [0.1, 0.15) is 12.8 Å². The fourth-order valence-corrected chi connectivity index (χ4v) is 2.02. The van der Waals surface area contributed by atoms with Crippen LogP contribution in [0, 0.1) is 0 Å². The first-order valence-corrected chi connectivity index (χ1v) is 5.74. The second kappa shape index (κ2) is 6.72. The minimum Gasteiger partial charge on any atom is -0.394 e. The Morgan fingerprint density at radius 3 is 3.06 bits per heavy atom. The van der Waals surface area contributed by atoms with E-state index in [2.05, 4.69) is 15.3 Å². The molecule has 2 heterocycles. The lowest BCUT2D eigenvalue weighted by atomic mass is 10.2. The number of carbonyl (C=O) groups is 1. The Morgan fingerprint density at radius 2 is 2.39 bits per heavy atom. The molecule has 1 fully saturated rings. The Kier molecular flexibility index (Phi) is 5.58. The third kappa shape index (κ3) is 3.44. The van der Waals surface area contributed by atoms with Gasteiger partial charge in [-0.3, -0.25) is 10.3 Å². The maximum absolute atomic E-state index is 11.9. The van der Waals surface area contributed by atoms with Gasteiger partial charge in [-0.05, 0) is 12.8 Å². The van der Waals surface area contributed by atoms with Crippen LogP contribution in [0.15, 0.2) is 12.4 Å². The van der Waals surface area contributed by atoms with Crippen LogP contribution in [-0.2, 0) is 0 Å². The molecule has 1 aromatic rings. The Hall–Kier alpha value is -1.11. The maximum Gasteiger partial charge on any atom is 0.323 e. The number of nitrogens with one attached hydrogen (secondary N) is 1. The van der Waals surface area contributed by atoms with Gasteiger partial charge in [0.15, 0.2) is 5.82 Å². The molecule has 1 aromatic heterocycles. The first kappa shape index (κ1) is 14.9. The summed E-state index contributed by atoms with van der Waals surface area (Å²) in [4.78, 5) is 21.2. The van der Waals surface area contributed by atoms with Crippen LogP contribution >= 0.6 is 24.0 Å². The van der Waals surface area contributed by atoms with E-state index in [1.165, 1.54) is 12.4 Å². The summed E-state index contributed by atoms with van der Waals surface area (Å²) in [5.41, 5.74) is 0. The number of likely N-dealkylation sites (tertiary alicyclic amines) is 1. The van der Waals surface area contributed by atoms with Gasteiger partial charge in [0.2, 0.25) is 0 Å². The minimum atomic E-state index is -0.280. The monoisotopic (exact) mass is 292 g/mol. The predicted molar refractivity (Wildman–Crippen MR) is 70.1 cm³/mol. The molecule has 8 heteroatoms. The van der Waals surface area contributed by atoms with Gasteiger partial charge in [0.25, 0.3) is 0 Å². The van der Waals surface area contributed by atoms with Gasteiger partial charge in [0.05, 0.1) is 25.0 Å². The van der Waals surface area contributed by atoms with Crippen molar-refractivity contribution in [3.8, 4) is 0 Å². The van der Waals surface area contributed by atoms with E-state index >= 15 is 0 Å². The van der Waals surface area contributed by atoms with E-state index in [1.807, 2.05) is 0 Å². The first-order valence-electron chi connectivity index (χ1n) is 5.36. The number of aromatic nitrogens is 2. The van der Waals surface area contributed by atoms with E-state index in [1.54, 1.807) is 4.90 Å². The second-order valence-electron chi connectivity index (χ2n) is 3.83. The fraction of sp³-hybridized carbons (Fsp3) is 0.500. The average Bonchev–Trinajstić information content (AvgIpc) is 2.77. The number of aliphatic hydroxyl groups excluding tert-OH is 1. The minimum absolute atomic E-state index is 0. The number of halogens is 2. The van der Waals surface area contributed by atoms with Crippen LogP contribution in [-0.4, -0.2) is 45.2 Å². The zero-order valence-electron chi connectivity index (χ0n) is 9.54.